The molecule has 6 heteroatoms. The maximum Gasteiger partial charge on any atom is 0.242 e. The lowest BCUT2D eigenvalue weighted by Gasteiger charge is -2.06. The quantitative estimate of drug-likeness (QED) is 0.848. The van der Waals surface area contributed by atoms with Gasteiger partial charge in [0.2, 0.25) is 5.91 Å². The van der Waals surface area contributed by atoms with E-state index in [0.717, 1.165) is 12.0 Å². The number of amides is 1. The Morgan fingerprint density at radius 3 is 2.75 bits per heavy atom. The lowest BCUT2D eigenvalue weighted by molar-refractivity contribution is -0.121. The van der Waals surface area contributed by atoms with Gasteiger partial charge in [-0.2, -0.15) is 0 Å². The van der Waals surface area contributed by atoms with Gasteiger partial charge in [-0.1, -0.05) is 23.7 Å². The summed E-state index contributed by atoms with van der Waals surface area (Å²) >= 11 is 5.85. The van der Waals surface area contributed by atoms with Crippen molar-refractivity contribution in [2.75, 3.05) is 5.43 Å². The number of halogens is 1. The van der Waals surface area contributed by atoms with Gasteiger partial charge in [-0.25, -0.2) is 4.98 Å². The van der Waals surface area contributed by atoms with E-state index in [2.05, 4.69) is 20.8 Å². The minimum atomic E-state index is -0.0318. The van der Waals surface area contributed by atoms with E-state index in [-0.39, 0.29) is 17.7 Å². The fourth-order valence-corrected chi connectivity index (χ4v) is 2.27. The molecule has 2 aromatic rings. The fraction of sp³-hybridized carbons (Fsp3) is 0.214. The zero-order valence-electron chi connectivity index (χ0n) is 10.6. The molecule has 0 aliphatic heterocycles. The van der Waals surface area contributed by atoms with Gasteiger partial charge >= 0.3 is 0 Å². The second-order valence-corrected chi connectivity index (χ2v) is 5.14. The molecule has 1 fully saturated rings. The molecule has 1 heterocycles. The minimum Gasteiger partial charge on any atom is -0.281 e. The van der Waals surface area contributed by atoms with Gasteiger partial charge in [0.05, 0.1) is 6.20 Å². The van der Waals surface area contributed by atoms with E-state index in [1.807, 2.05) is 24.3 Å². The van der Waals surface area contributed by atoms with Gasteiger partial charge < -0.3 is 0 Å². The van der Waals surface area contributed by atoms with Crippen LogP contribution >= 0.6 is 11.6 Å². The Hall–Kier alpha value is -2.14. The van der Waals surface area contributed by atoms with Crippen molar-refractivity contribution in [1.82, 2.24) is 15.4 Å². The van der Waals surface area contributed by atoms with Crippen molar-refractivity contribution in [1.29, 1.82) is 0 Å². The second kappa shape index (κ2) is 5.46. The summed E-state index contributed by atoms with van der Waals surface area (Å²) in [6, 6.07) is 7.64. The molecule has 0 bridgehead atoms. The summed E-state index contributed by atoms with van der Waals surface area (Å²) in [6.45, 7) is 0. The number of hydrazine groups is 1. The Balaban J connectivity index is 1.54. The van der Waals surface area contributed by atoms with Crippen molar-refractivity contribution in [2.45, 2.75) is 12.3 Å². The normalized spacial score (nSPS) is 20.2. The first kappa shape index (κ1) is 12.9. The molecule has 1 aliphatic rings. The molecule has 1 aliphatic carbocycles. The third kappa shape index (κ3) is 2.88. The number of rotatable bonds is 4. The average Bonchev–Trinajstić information content (AvgIpc) is 3.27. The molecule has 0 unspecified atom stereocenters. The summed E-state index contributed by atoms with van der Waals surface area (Å²) in [6.07, 6.45) is 5.53. The highest BCUT2D eigenvalue weighted by Crippen LogP contribution is 2.47. The minimum absolute atomic E-state index is 0.000321. The monoisotopic (exact) mass is 288 g/mol. The van der Waals surface area contributed by atoms with E-state index in [0.29, 0.717) is 10.8 Å². The molecule has 0 spiro atoms. The van der Waals surface area contributed by atoms with Gasteiger partial charge in [0.1, 0.15) is 0 Å². The van der Waals surface area contributed by atoms with Crippen LogP contribution < -0.4 is 10.9 Å². The van der Waals surface area contributed by atoms with Crippen LogP contribution in [-0.4, -0.2) is 15.9 Å². The Kier molecular flexibility index (Phi) is 3.52. The molecule has 5 nitrogen and oxygen atoms in total. The first-order valence-electron chi connectivity index (χ1n) is 6.31. The van der Waals surface area contributed by atoms with E-state index in [4.69, 9.17) is 11.6 Å². The van der Waals surface area contributed by atoms with Crippen molar-refractivity contribution in [3.63, 3.8) is 0 Å². The summed E-state index contributed by atoms with van der Waals surface area (Å²) in [4.78, 5) is 19.9. The SMILES string of the molecule is O=C(NNc1cnccn1)[C@@H]1C[C@@H]1c1ccc(Cl)cc1. The Labute approximate surface area is 121 Å². The van der Waals surface area contributed by atoms with Gasteiger partial charge in [0, 0.05) is 23.3 Å². The van der Waals surface area contributed by atoms with Crippen LogP contribution in [0.1, 0.15) is 17.9 Å². The molecule has 1 aromatic heterocycles. The number of carbonyl (C=O) groups is 1. The van der Waals surface area contributed by atoms with Gasteiger partial charge in [-0.15, -0.1) is 0 Å². The second-order valence-electron chi connectivity index (χ2n) is 4.71. The maximum absolute atomic E-state index is 12.0. The number of nitrogens with one attached hydrogen (secondary N) is 2. The van der Waals surface area contributed by atoms with Crippen LogP contribution in [0.4, 0.5) is 5.82 Å². The molecular formula is C14H13ClN4O. The first-order chi connectivity index (χ1) is 9.74. The summed E-state index contributed by atoms with van der Waals surface area (Å²) in [5.74, 6) is 0.761. The molecule has 2 N–H and O–H groups in total. The van der Waals surface area contributed by atoms with Gasteiger partial charge in [-0.05, 0) is 30.0 Å². The van der Waals surface area contributed by atoms with Crippen LogP contribution in [-0.2, 0) is 4.79 Å². The molecule has 102 valence electrons. The molecule has 20 heavy (non-hydrogen) atoms. The summed E-state index contributed by atoms with van der Waals surface area (Å²) in [5, 5.41) is 0.708. The number of hydrogen-bond acceptors (Lipinski definition) is 4. The van der Waals surface area contributed by atoms with Gasteiger partial charge in [-0.3, -0.25) is 20.6 Å². The number of carbonyl (C=O) groups excluding carboxylic acids is 1. The predicted octanol–water partition coefficient (Wildman–Crippen LogP) is 2.38. The highest BCUT2D eigenvalue weighted by atomic mass is 35.5. The van der Waals surface area contributed by atoms with Crippen molar-refractivity contribution < 1.29 is 4.79 Å². The number of anilines is 1. The summed E-state index contributed by atoms with van der Waals surface area (Å²) < 4.78 is 0. The Morgan fingerprint density at radius 1 is 1.25 bits per heavy atom. The predicted molar refractivity (Wildman–Crippen MR) is 76.1 cm³/mol. The van der Waals surface area contributed by atoms with E-state index in [9.17, 15) is 4.79 Å². The van der Waals surface area contributed by atoms with Gasteiger partial charge in [0.25, 0.3) is 0 Å². The maximum atomic E-state index is 12.0. The van der Waals surface area contributed by atoms with Crippen molar-refractivity contribution in [3.05, 3.63) is 53.4 Å². The highest BCUT2D eigenvalue weighted by Gasteiger charge is 2.43. The molecule has 2 atom stereocenters. The van der Waals surface area contributed by atoms with Gasteiger partial charge in [0.15, 0.2) is 5.82 Å². The third-order valence-corrected chi connectivity index (χ3v) is 3.55. The molecule has 1 amide bonds. The van der Waals surface area contributed by atoms with Crippen LogP contribution in [0.5, 0.6) is 0 Å². The molecule has 3 rings (SSSR count). The molecule has 0 radical (unpaired) electrons. The molecule has 1 aromatic carbocycles. The van der Waals surface area contributed by atoms with Crippen LogP contribution in [0.25, 0.3) is 0 Å². The topological polar surface area (TPSA) is 66.9 Å². The van der Waals surface area contributed by atoms with E-state index < -0.39 is 0 Å². The Morgan fingerprint density at radius 2 is 2.05 bits per heavy atom. The summed E-state index contributed by atoms with van der Waals surface area (Å²) in [7, 11) is 0. The van der Waals surface area contributed by atoms with Crippen LogP contribution in [0.15, 0.2) is 42.9 Å². The van der Waals surface area contributed by atoms with Crippen molar-refractivity contribution >= 4 is 23.3 Å². The average molecular weight is 289 g/mol. The lowest BCUT2D eigenvalue weighted by Crippen LogP contribution is -2.31. The highest BCUT2D eigenvalue weighted by molar-refractivity contribution is 6.30. The third-order valence-electron chi connectivity index (χ3n) is 3.30. The largest absolute Gasteiger partial charge is 0.281 e. The van der Waals surface area contributed by atoms with E-state index in [1.54, 1.807) is 18.6 Å². The number of hydrogen-bond donors (Lipinski definition) is 2. The summed E-state index contributed by atoms with van der Waals surface area (Å²) in [5.41, 5.74) is 6.55. The number of nitrogens with zero attached hydrogens (tertiary/aromatic N) is 2. The molecule has 1 saturated carbocycles. The zero-order chi connectivity index (χ0) is 13.9. The van der Waals surface area contributed by atoms with Crippen LogP contribution in [0.2, 0.25) is 5.02 Å². The van der Waals surface area contributed by atoms with E-state index >= 15 is 0 Å². The number of benzene rings is 1. The lowest BCUT2D eigenvalue weighted by atomic mass is 10.1. The zero-order valence-corrected chi connectivity index (χ0v) is 11.3. The smallest absolute Gasteiger partial charge is 0.242 e. The van der Waals surface area contributed by atoms with Crippen molar-refractivity contribution in [3.8, 4) is 0 Å². The molecule has 0 saturated heterocycles. The number of aromatic nitrogens is 2. The standard InChI is InChI=1S/C14H13ClN4O/c15-10-3-1-9(2-4-10)11-7-12(11)14(20)19-18-13-8-16-5-6-17-13/h1-6,8,11-12H,7H2,(H,17,18)(H,19,20)/t11-,12-/m1/s1. The first-order valence-corrected chi connectivity index (χ1v) is 6.69. The molecular weight excluding hydrogens is 276 g/mol. The van der Waals surface area contributed by atoms with E-state index in [1.165, 1.54) is 0 Å². The van der Waals surface area contributed by atoms with Crippen LogP contribution in [0.3, 0.4) is 0 Å². The van der Waals surface area contributed by atoms with Crippen molar-refractivity contribution in [2.24, 2.45) is 5.92 Å². The fourth-order valence-electron chi connectivity index (χ4n) is 2.15. The Bertz CT molecular complexity index is 602. The van der Waals surface area contributed by atoms with Crippen LogP contribution in [0, 0.1) is 5.92 Å².